The number of benzene rings is 2. The summed E-state index contributed by atoms with van der Waals surface area (Å²) < 4.78 is 5.71. The Morgan fingerprint density at radius 1 is 1.10 bits per heavy atom. The lowest BCUT2D eigenvalue weighted by Crippen LogP contribution is -2.48. The molecular weight excluding hydrogens is 420 g/mol. The second-order valence-corrected chi connectivity index (χ2v) is 7.61. The molecule has 0 atom stereocenters. The summed E-state index contributed by atoms with van der Waals surface area (Å²) >= 11 is 6.05. The van der Waals surface area contributed by atoms with Crippen LogP contribution in [0.2, 0.25) is 5.02 Å². The molecule has 2 amide bonds. The van der Waals surface area contributed by atoms with Gasteiger partial charge in [0.15, 0.2) is 0 Å². The van der Waals surface area contributed by atoms with Crippen molar-refractivity contribution < 1.29 is 19.4 Å². The van der Waals surface area contributed by atoms with Crippen LogP contribution in [0.5, 0.6) is 17.2 Å². The maximum absolute atomic E-state index is 12.6. The fourth-order valence-electron chi connectivity index (χ4n) is 2.97. The van der Waals surface area contributed by atoms with Gasteiger partial charge >= 0.3 is 0 Å². The summed E-state index contributed by atoms with van der Waals surface area (Å²) in [6.45, 7) is 0.311. The number of nitrogens with one attached hydrogen (secondary N) is 2. The highest BCUT2D eigenvalue weighted by molar-refractivity contribution is 6.32. The molecule has 0 unspecified atom stereocenters. The van der Waals surface area contributed by atoms with E-state index in [-0.39, 0.29) is 17.6 Å². The number of halogens is 1. The van der Waals surface area contributed by atoms with Crippen molar-refractivity contribution in [3.63, 3.8) is 0 Å². The summed E-state index contributed by atoms with van der Waals surface area (Å²) in [5.41, 5.74) is 0.299. The largest absolute Gasteiger partial charge is 0.508 e. The number of carbonyl (C=O) groups is 2. The van der Waals surface area contributed by atoms with E-state index in [9.17, 15) is 14.7 Å². The average molecular weight is 439 g/mol. The predicted molar refractivity (Wildman–Crippen MR) is 113 cm³/mol. The van der Waals surface area contributed by atoms with Gasteiger partial charge in [0, 0.05) is 25.0 Å². The van der Waals surface area contributed by atoms with Gasteiger partial charge in [-0.15, -0.1) is 0 Å². The standard InChI is InChI=1S/C22H19ClN4O4/c23-18-9-16(28)3-6-19(18)31-17-4-1-14(2-5-17)10-26-21(30)22(7-8-22)27-20(29)15-11-24-13-25-12-15/h1-6,9,11-13,28H,7-8,10H2,(H,26,30)(H,27,29). The van der Waals surface area contributed by atoms with Crippen molar-refractivity contribution in [3.8, 4) is 17.2 Å². The van der Waals surface area contributed by atoms with Gasteiger partial charge in [-0.1, -0.05) is 23.7 Å². The molecule has 3 aromatic rings. The second-order valence-electron chi connectivity index (χ2n) is 7.21. The summed E-state index contributed by atoms with van der Waals surface area (Å²) in [7, 11) is 0. The van der Waals surface area contributed by atoms with Gasteiger partial charge in [-0.05, 0) is 42.7 Å². The third-order valence-corrected chi connectivity index (χ3v) is 5.18. The smallest absolute Gasteiger partial charge is 0.255 e. The zero-order valence-corrected chi connectivity index (χ0v) is 17.1. The lowest BCUT2D eigenvalue weighted by atomic mass is 10.2. The number of aromatic nitrogens is 2. The summed E-state index contributed by atoms with van der Waals surface area (Å²) in [6, 6.07) is 11.6. The SMILES string of the molecule is O=C(NC1(C(=O)NCc2ccc(Oc3ccc(O)cc3Cl)cc2)CC1)c1cncnc1. The Kier molecular flexibility index (Phi) is 5.73. The third kappa shape index (κ3) is 4.92. The molecule has 1 aliphatic carbocycles. The van der Waals surface area contributed by atoms with Crippen LogP contribution in [0.3, 0.4) is 0 Å². The highest BCUT2D eigenvalue weighted by Gasteiger charge is 2.51. The van der Waals surface area contributed by atoms with Crippen LogP contribution in [0.1, 0.15) is 28.8 Å². The van der Waals surface area contributed by atoms with E-state index in [1.165, 1.54) is 30.9 Å². The summed E-state index contributed by atoms with van der Waals surface area (Å²) in [6.07, 6.45) is 5.32. The number of amides is 2. The minimum absolute atomic E-state index is 0.0603. The van der Waals surface area contributed by atoms with Crippen molar-refractivity contribution in [2.45, 2.75) is 24.9 Å². The van der Waals surface area contributed by atoms with E-state index in [0.717, 1.165) is 5.56 Å². The van der Waals surface area contributed by atoms with Gasteiger partial charge in [0.2, 0.25) is 5.91 Å². The first-order chi connectivity index (χ1) is 14.9. The molecule has 2 aromatic carbocycles. The summed E-state index contributed by atoms with van der Waals surface area (Å²) in [4.78, 5) is 32.6. The van der Waals surface area contributed by atoms with Gasteiger partial charge in [-0.3, -0.25) is 9.59 Å². The van der Waals surface area contributed by atoms with Gasteiger partial charge in [0.05, 0.1) is 10.6 Å². The number of phenolic OH excluding ortho intramolecular Hbond substituents is 1. The molecule has 0 spiro atoms. The average Bonchev–Trinajstić information content (AvgIpc) is 3.56. The molecule has 4 rings (SSSR count). The molecule has 0 aliphatic heterocycles. The molecule has 1 aromatic heterocycles. The number of aromatic hydroxyl groups is 1. The van der Waals surface area contributed by atoms with Crippen LogP contribution < -0.4 is 15.4 Å². The Hall–Kier alpha value is -3.65. The Labute approximate surface area is 183 Å². The van der Waals surface area contributed by atoms with E-state index in [4.69, 9.17) is 16.3 Å². The van der Waals surface area contributed by atoms with E-state index >= 15 is 0 Å². The van der Waals surface area contributed by atoms with Crippen LogP contribution >= 0.6 is 11.6 Å². The lowest BCUT2D eigenvalue weighted by Gasteiger charge is -2.17. The number of rotatable bonds is 7. The van der Waals surface area contributed by atoms with E-state index in [1.807, 2.05) is 12.1 Å². The predicted octanol–water partition coefficient (Wildman–Crippen LogP) is 3.21. The fraction of sp³-hybridized carbons (Fsp3) is 0.182. The van der Waals surface area contributed by atoms with Crippen molar-refractivity contribution in [1.82, 2.24) is 20.6 Å². The number of nitrogens with zero attached hydrogens (tertiary/aromatic N) is 2. The van der Waals surface area contributed by atoms with E-state index in [1.54, 1.807) is 18.2 Å². The van der Waals surface area contributed by atoms with E-state index in [2.05, 4.69) is 20.6 Å². The molecule has 1 saturated carbocycles. The van der Waals surface area contributed by atoms with E-state index in [0.29, 0.717) is 41.5 Å². The van der Waals surface area contributed by atoms with Crippen molar-refractivity contribution in [2.24, 2.45) is 0 Å². The Morgan fingerprint density at radius 3 is 2.45 bits per heavy atom. The van der Waals surface area contributed by atoms with Crippen LogP contribution in [0.25, 0.3) is 0 Å². The number of ether oxygens (including phenoxy) is 1. The maximum Gasteiger partial charge on any atom is 0.255 e. The molecule has 1 heterocycles. The zero-order chi connectivity index (χ0) is 21.8. The molecule has 0 radical (unpaired) electrons. The lowest BCUT2D eigenvalue weighted by molar-refractivity contribution is -0.124. The first-order valence-electron chi connectivity index (χ1n) is 9.56. The topological polar surface area (TPSA) is 113 Å². The molecule has 0 saturated heterocycles. The minimum atomic E-state index is -0.883. The fourth-order valence-corrected chi connectivity index (χ4v) is 3.18. The maximum atomic E-state index is 12.6. The molecule has 9 heteroatoms. The van der Waals surface area contributed by atoms with Crippen LogP contribution in [0, 0.1) is 0 Å². The highest BCUT2D eigenvalue weighted by Crippen LogP contribution is 2.36. The molecule has 1 fully saturated rings. The second kappa shape index (κ2) is 8.61. The number of hydrogen-bond donors (Lipinski definition) is 3. The highest BCUT2D eigenvalue weighted by atomic mass is 35.5. The number of carbonyl (C=O) groups excluding carboxylic acids is 2. The first-order valence-corrected chi connectivity index (χ1v) is 9.94. The van der Waals surface area contributed by atoms with Crippen LogP contribution in [-0.2, 0) is 11.3 Å². The monoisotopic (exact) mass is 438 g/mol. The Balaban J connectivity index is 1.31. The Bertz CT molecular complexity index is 1100. The van der Waals surface area contributed by atoms with Gasteiger partial charge < -0.3 is 20.5 Å². The van der Waals surface area contributed by atoms with Crippen molar-refractivity contribution >= 4 is 23.4 Å². The molecule has 1 aliphatic rings. The van der Waals surface area contributed by atoms with Crippen molar-refractivity contribution in [3.05, 3.63) is 77.3 Å². The molecule has 8 nitrogen and oxygen atoms in total. The van der Waals surface area contributed by atoms with Crippen molar-refractivity contribution in [1.29, 1.82) is 0 Å². The zero-order valence-electron chi connectivity index (χ0n) is 16.3. The molecule has 0 bridgehead atoms. The number of phenols is 1. The van der Waals surface area contributed by atoms with Crippen LogP contribution in [0.15, 0.2) is 61.2 Å². The molecular formula is C22H19ClN4O4. The van der Waals surface area contributed by atoms with Crippen molar-refractivity contribution in [2.75, 3.05) is 0 Å². The van der Waals surface area contributed by atoms with E-state index < -0.39 is 5.54 Å². The third-order valence-electron chi connectivity index (χ3n) is 4.88. The first kappa shape index (κ1) is 20.6. The molecule has 158 valence electrons. The molecule has 3 N–H and O–H groups in total. The quantitative estimate of drug-likeness (QED) is 0.522. The molecule has 31 heavy (non-hydrogen) atoms. The summed E-state index contributed by atoms with van der Waals surface area (Å²) in [5.74, 6) is 0.455. The van der Waals surface area contributed by atoms with Crippen LogP contribution in [0.4, 0.5) is 0 Å². The minimum Gasteiger partial charge on any atom is -0.508 e. The Morgan fingerprint density at radius 2 is 1.81 bits per heavy atom. The number of hydrogen-bond acceptors (Lipinski definition) is 6. The van der Waals surface area contributed by atoms with Gasteiger partial charge in [-0.25, -0.2) is 9.97 Å². The normalized spacial score (nSPS) is 13.8. The van der Waals surface area contributed by atoms with Gasteiger partial charge in [0.25, 0.3) is 5.91 Å². The van der Waals surface area contributed by atoms with Crippen LogP contribution in [-0.4, -0.2) is 32.4 Å². The van der Waals surface area contributed by atoms with Gasteiger partial charge in [0.1, 0.15) is 29.1 Å². The van der Waals surface area contributed by atoms with Gasteiger partial charge in [-0.2, -0.15) is 0 Å². The summed E-state index contributed by atoms with van der Waals surface area (Å²) in [5, 5.41) is 15.4.